The van der Waals surface area contributed by atoms with Gasteiger partial charge in [-0.05, 0) is 38.8 Å². The van der Waals surface area contributed by atoms with Crippen LogP contribution in [-0.2, 0) is 60.6 Å². The molecule has 0 bridgehead atoms. The number of methoxy groups -OCH3 is 1. The van der Waals surface area contributed by atoms with Crippen molar-refractivity contribution in [3.63, 3.8) is 0 Å². The molecule has 6 rings (SSSR count). The molecular weight excluding hydrogens is 556 g/mol. The highest BCUT2D eigenvalue weighted by Gasteiger charge is 2.65. The average Bonchev–Trinajstić information content (AvgIpc) is 3.47. The van der Waals surface area contributed by atoms with Gasteiger partial charge in [-0.15, -0.1) is 0 Å². The van der Waals surface area contributed by atoms with E-state index in [1.807, 2.05) is 88.4 Å². The van der Waals surface area contributed by atoms with Crippen LogP contribution in [0.2, 0.25) is 0 Å². The molecule has 4 aliphatic heterocycles. The first kappa shape index (κ1) is 31.0. The molecule has 0 aromatic heterocycles. The molecule has 0 radical (unpaired) electrons. The Bertz CT molecular complexity index is 1180. The molecule has 4 fully saturated rings. The standard InChI is InChI=1S/C33H44O10/c1-31(2)40-26-20-38-33(30(29(26)41-31)42-32(3,4)43-33)21-37-27-16-24(34-5)28(36-18-23-14-10-7-11-15-23)25(39-27)19-35-17-22-12-8-6-9-13-22/h6-15,24-30H,16-21H2,1-5H3/t24-,25-,26-,27+,28-,29-,30+,33+/m1/s1. The molecule has 43 heavy (non-hydrogen) atoms. The van der Waals surface area contributed by atoms with Gasteiger partial charge in [-0.2, -0.15) is 0 Å². The van der Waals surface area contributed by atoms with Gasteiger partial charge in [-0.25, -0.2) is 0 Å². The molecule has 4 heterocycles. The molecule has 0 aliphatic carbocycles. The summed E-state index contributed by atoms with van der Waals surface area (Å²) >= 11 is 0. The summed E-state index contributed by atoms with van der Waals surface area (Å²) in [6, 6.07) is 20.1. The van der Waals surface area contributed by atoms with Gasteiger partial charge in [-0.1, -0.05) is 60.7 Å². The molecule has 8 atom stereocenters. The van der Waals surface area contributed by atoms with E-state index in [2.05, 4.69) is 0 Å². The molecule has 10 nitrogen and oxygen atoms in total. The minimum Gasteiger partial charge on any atom is -0.378 e. The van der Waals surface area contributed by atoms with E-state index in [4.69, 9.17) is 47.4 Å². The van der Waals surface area contributed by atoms with Gasteiger partial charge in [0.1, 0.15) is 37.1 Å². The Labute approximate surface area is 253 Å². The zero-order chi connectivity index (χ0) is 30.1. The number of ether oxygens (including phenoxy) is 10. The van der Waals surface area contributed by atoms with Crippen molar-refractivity contribution in [1.29, 1.82) is 0 Å². The summed E-state index contributed by atoms with van der Waals surface area (Å²) < 4.78 is 62.7. The highest BCUT2D eigenvalue weighted by molar-refractivity contribution is 5.14. The molecule has 2 aromatic rings. The van der Waals surface area contributed by atoms with Crippen LogP contribution >= 0.6 is 0 Å². The second-order valence-electron chi connectivity index (χ2n) is 12.5. The van der Waals surface area contributed by atoms with E-state index in [0.29, 0.717) is 32.8 Å². The van der Waals surface area contributed by atoms with Crippen LogP contribution < -0.4 is 0 Å². The second kappa shape index (κ2) is 12.8. The van der Waals surface area contributed by atoms with Gasteiger partial charge in [0.2, 0.25) is 5.79 Å². The molecule has 236 valence electrons. The molecule has 4 aliphatic rings. The summed E-state index contributed by atoms with van der Waals surface area (Å²) in [4.78, 5) is 0. The molecule has 0 unspecified atom stereocenters. The SMILES string of the molecule is CO[C@@H]1C[C@@H](OC[C@@]23OC[C@H]4OC(C)(C)O[C@H]4[C@@H]2OC(C)(C)O3)O[C@H](COCc2ccccc2)[C@@H]1OCc1ccccc1. The molecule has 10 heteroatoms. The summed E-state index contributed by atoms with van der Waals surface area (Å²) in [5.74, 6) is -2.82. The Kier molecular flexibility index (Phi) is 9.24. The molecule has 4 saturated heterocycles. The maximum Gasteiger partial charge on any atom is 0.224 e. The van der Waals surface area contributed by atoms with Gasteiger partial charge in [0.05, 0.1) is 32.5 Å². The van der Waals surface area contributed by atoms with E-state index < -0.39 is 35.9 Å². The molecule has 0 N–H and O–H groups in total. The van der Waals surface area contributed by atoms with Crippen LogP contribution in [0, 0.1) is 0 Å². The number of fused-ring (bicyclic) bond motifs is 3. The Hall–Kier alpha value is -1.96. The monoisotopic (exact) mass is 600 g/mol. The lowest BCUT2D eigenvalue weighted by Gasteiger charge is -2.43. The minimum absolute atomic E-state index is 0.0718. The van der Waals surface area contributed by atoms with Gasteiger partial charge in [0, 0.05) is 13.5 Å². The number of hydrogen-bond acceptors (Lipinski definition) is 10. The Morgan fingerprint density at radius 1 is 0.814 bits per heavy atom. The zero-order valence-corrected chi connectivity index (χ0v) is 25.6. The summed E-state index contributed by atoms with van der Waals surface area (Å²) in [6.45, 7) is 9.05. The quantitative estimate of drug-likeness (QED) is 0.371. The van der Waals surface area contributed by atoms with Crippen molar-refractivity contribution >= 4 is 0 Å². The van der Waals surface area contributed by atoms with Crippen LogP contribution in [0.25, 0.3) is 0 Å². The smallest absolute Gasteiger partial charge is 0.224 e. The highest BCUT2D eigenvalue weighted by atomic mass is 16.9. The minimum atomic E-state index is -1.18. The first-order chi connectivity index (χ1) is 20.7. The van der Waals surface area contributed by atoms with E-state index >= 15 is 0 Å². The van der Waals surface area contributed by atoms with Gasteiger partial charge in [-0.3, -0.25) is 0 Å². The van der Waals surface area contributed by atoms with E-state index in [1.54, 1.807) is 7.11 Å². The van der Waals surface area contributed by atoms with Gasteiger partial charge < -0.3 is 47.4 Å². The molecule has 0 spiro atoms. The van der Waals surface area contributed by atoms with Gasteiger partial charge >= 0.3 is 0 Å². The van der Waals surface area contributed by atoms with Crippen LogP contribution in [0.4, 0.5) is 0 Å². The van der Waals surface area contributed by atoms with Crippen molar-refractivity contribution in [2.45, 2.75) is 108 Å². The summed E-state index contributed by atoms with van der Waals surface area (Å²) in [6.07, 6.45) is -2.42. The molecular formula is C33H44O10. The third-order valence-corrected chi connectivity index (χ3v) is 8.21. The van der Waals surface area contributed by atoms with Crippen LogP contribution in [0.3, 0.4) is 0 Å². The predicted molar refractivity (Wildman–Crippen MR) is 154 cm³/mol. The highest BCUT2D eigenvalue weighted by Crippen LogP contribution is 2.48. The summed E-state index contributed by atoms with van der Waals surface area (Å²) in [5, 5.41) is 0. The van der Waals surface area contributed by atoms with Crippen molar-refractivity contribution in [3.8, 4) is 0 Å². The maximum absolute atomic E-state index is 6.51. The Morgan fingerprint density at radius 3 is 2.21 bits per heavy atom. The van der Waals surface area contributed by atoms with Gasteiger partial charge in [0.25, 0.3) is 0 Å². The second-order valence-corrected chi connectivity index (χ2v) is 12.5. The summed E-state index contributed by atoms with van der Waals surface area (Å²) in [5.41, 5.74) is 2.15. The van der Waals surface area contributed by atoms with E-state index in [9.17, 15) is 0 Å². The van der Waals surface area contributed by atoms with Crippen LogP contribution in [-0.4, -0.2) is 87.2 Å². The van der Waals surface area contributed by atoms with E-state index in [0.717, 1.165) is 11.1 Å². The largest absolute Gasteiger partial charge is 0.378 e. The van der Waals surface area contributed by atoms with Crippen molar-refractivity contribution in [3.05, 3.63) is 71.8 Å². The fourth-order valence-corrected chi connectivity index (χ4v) is 6.37. The van der Waals surface area contributed by atoms with E-state index in [1.165, 1.54) is 0 Å². The topological polar surface area (TPSA) is 92.3 Å². The van der Waals surface area contributed by atoms with Crippen LogP contribution in [0.5, 0.6) is 0 Å². The fraction of sp³-hybridized carbons (Fsp3) is 0.636. The number of benzene rings is 2. The molecule has 0 amide bonds. The Morgan fingerprint density at radius 2 is 1.51 bits per heavy atom. The fourth-order valence-electron chi connectivity index (χ4n) is 6.37. The lowest BCUT2D eigenvalue weighted by Crippen LogP contribution is -2.61. The third kappa shape index (κ3) is 7.15. The zero-order valence-electron chi connectivity index (χ0n) is 25.6. The van der Waals surface area contributed by atoms with Gasteiger partial charge in [0.15, 0.2) is 17.9 Å². The number of hydrogen-bond donors (Lipinski definition) is 0. The van der Waals surface area contributed by atoms with E-state index in [-0.39, 0.29) is 31.0 Å². The van der Waals surface area contributed by atoms with Crippen molar-refractivity contribution < 1.29 is 47.4 Å². The van der Waals surface area contributed by atoms with Crippen LogP contribution in [0.15, 0.2) is 60.7 Å². The first-order valence-corrected chi connectivity index (χ1v) is 15.1. The van der Waals surface area contributed by atoms with Crippen molar-refractivity contribution in [1.82, 2.24) is 0 Å². The van der Waals surface area contributed by atoms with Crippen LogP contribution in [0.1, 0.15) is 45.2 Å². The lowest BCUT2D eigenvalue weighted by atomic mass is 9.97. The normalized spacial score (nSPS) is 36.3. The average molecular weight is 601 g/mol. The maximum atomic E-state index is 6.51. The Balaban J connectivity index is 1.14. The number of rotatable bonds is 11. The van der Waals surface area contributed by atoms with Crippen molar-refractivity contribution in [2.24, 2.45) is 0 Å². The predicted octanol–water partition coefficient (Wildman–Crippen LogP) is 4.33. The molecule has 0 saturated carbocycles. The molecule has 2 aromatic carbocycles. The summed E-state index contributed by atoms with van der Waals surface area (Å²) in [7, 11) is 1.68. The lowest BCUT2D eigenvalue weighted by molar-refractivity contribution is -0.332. The van der Waals surface area contributed by atoms with Crippen molar-refractivity contribution in [2.75, 3.05) is 26.9 Å². The third-order valence-electron chi connectivity index (χ3n) is 8.21. The first-order valence-electron chi connectivity index (χ1n) is 15.1.